The number of hydrogen-bond donors (Lipinski definition) is 0. The molecule has 0 fully saturated rings. The van der Waals surface area contributed by atoms with Crippen molar-refractivity contribution in [1.82, 2.24) is 0 Å². The lowest BCUT2D eigenvalue weighted by Gasteiger charge is -2.22. The van der Waals surface area contributed by atoms with Gasteiger partial charge >= 0.3 is 0 Å². The van der Waals surface area contributed by atoms with Crippen molar-refractivity contribution in [3.8, 4) is 0 Å². The van der Waals surface area contributed by atoms with Crippen molar-refractivity contribution in [2.45, 2.75) is 13.8 Å². The van der Waals surface area contributed by atoms with Crippen LogP contribution in [-0.4, -0.2) is 31.4 Å². The molecule has 0 aliphatic heterocycles. The van der Waals surface area contributed by atoms with Gasteiger partial charge < -0.3 is 4.90 Å². The largest absolute Gasteiger partial charge is 0.373 e. The predicted octanol–water partition coefficient (Wildman–Crippen LogP) is 3.14. The zero-order chi connectivity index (χ0) is 13.0. The minimum absolute atomic E-state index is 0.102. The number of ketones is 1. The van der Waals surface area contributed by atoms with Crippen LogP contribution in [0.5, 0.6) is 0 Å². The fourth-order valence-corrected chi connectivity index (χ4v) is 2.07. The van der Waals surface area contributed by atoms with Gasteiger partial charge in [0.15, 0.2) is 5.78 Å². The van der Waals surface area contributed by atoms with Crippen molar-refractivity contribution in [2.24, 2.45) is 0 Å². The smallest absolute Gasteiger partial charge is 0.161 e. The van der Waals surface area contributed by atoms with Crippen molar-refractivity contribution < 1.29 is 9.18 Å². The highest BCUT2D eigenvalue weighted by atomic mass is 32.2. The van der Waals surface area contributed by atoms with E-state index in [-0.39, 0.29) is 11.6 Å². The SMILES string of the molecule is CSCCN(C)c1cc(C)c(F)cc1C(C)=O. The van der Waals surface area contributed by atoms with Gasteiger partial charge in [-0.3, -0.25) is 4.79 Å². The molecule has 0 radical (unpaired) electrons. The van der Waals surface area contributed by atoms with Gasteiger partial charge in [0.1, 0.15) is 5.82 Å². The first kappa shape index (κ1) is 14.0. The average Bonchev–Trinajstić information content (AvgIpc) is 2.28. The van der Waals surface area contributed by atoms with E-state index in [4.69, 9.17) is 0 Å². The van der Waals surface area contributed by atoms with Crippen LogP contribution in [-0.2, 0) is 0 Å². The molecule has 0 amide bonds. The molecule has 0 saturated carbocycles. The average molecular weight is 255 g/mol. The Morgan fingerprint density at radius 3 is 2.65 bits per heavy atom. The molecule has 0 atom stereocenters. The molecule has 0 aromatic heterocycles. The molecule has 1 rings (SSSR count). The third-order valence-corrected chi connectivity index (χ3v) is 3.29. The van der Waals surface area contributed by atoms with Crippen LogP contribution in [0.2, 0.25) is 0 Å². The molecule has 2 nitrogen and oxygen atoms in total. The Morgan fingerprint density at radius 1 is 1.47 bits per heavy atom. The Balaban J connectivity index is 3.11. The molecule has 0 N–H and O–H groups in total. The molecule has 1 aromatic carbocycles. The van der Waals surface area contributed by atoms with Crippen LogP contribution in [0.1, 0.15) is 22.8 Å². The quantitative estimate of drug-likeness (QED) is 0.754. The van der Waals surface area contributed by atoms with Crippen molar-refractivity contribution in [3.05, 3.63) is 29.1 Å². The molecule has 0 unspecified atom stereocenters. The minimum atomic E-state index is -0.322. The number of thioether (sulfide) groups is 1. The molecule has 0 saturated heterocycles. The van der Waals surface area contributed by atoms with E-state index in [0.717, 1.165) is 18.0 Å². The maximum absolute atomic E-state index is 13.5. The summed E-state index contributed by atoms with van der Waals surface area (Å²) in [7, 11) is 1.93. The molecule has 0 spiro atoms. The van der Waals surface area contributed by atoms with E-state index in [2.05, 4.69) is 0 Å². The van der Waals surface area contributed by atoms with Crippen LogP contribution < -0.4 is 4.90 Å². The first-order valence-corrected chi connectivity index (χ1v) is 6.88. The number of rotatable bonds is 5. The van der Waals surface area contributed by atoms with E-state index in [9.17, 15) is 9.18 Å². The number of carbonyl (C=O) groups is 1. The number of carbonyl (C=O) groups excluding carboxylic acids is 1. The first-order chi connectivity index (χ1) is 7.97. The van der Waals surface area contributed by atoms with Crippen LogP contribution >= 0.6 is 11.8 Å². The number of anilines is 1. The first-order valence-electron chi connectivity index (χ1n) is 5.48. The summed E-state index contributed by atoms with van der Waals surface area (Å²) in [5.41, 5.74) is 1.84. The summed E-state index contributed by atoms with van der Waals surface area (Å²) in [6, 6.07) is 3.08. The van der Waals surface area contributed by atoms with Crippen LogP contribution in [0.3, 0.4) is 0 Å². The highest BCUT2D eigenvalue weighted by Crippen LogP contribution is 2.24. The predicted molar refractivity (Wildman–Crippen MR) is 72.8 cm³/mol. The van der Waals surface area contributed by atoms with Gasteiger partial charge in [0.05, 0.1) is 0 Å². The van der Waals surface area contributed by atoms with Gasteiger partial charge in [-0.05, 0) is 37.8 Å². The fourth-order valence-electron chi connectivity index (χ4n) is 1.61. The third-order valence-electron chi connectivity index (χ3n) is 2.70. The molecule has 94 valence electrons. The van der Waals surface area contributed by atoms with E-state index in [0.29, 0.717) is 11.1 Å². The van der Waals surface area contributed by atoms with Gasteiger partial charge in [0.2, 0.25) is 0 Å². The molecule has 4 heteroatoms. The standard InChI is InChI=1S/C13H18FNOS/c1-9-7-13(15(3)5-6-17-4)11(10(2)16)8-12(9)14/h7-8H,5-6H2,1-4H3. The van der Waals surface area contributed by atoms with Crippen LogP contribution in [0, 0.1) is 12.7 Å². The number of nitrogens with zero attached hydrogens (tertiary/aromatic N) is 1. The number of halogens is 1. The summed E-state index contributed by atoms with van der Waals surface area (Å²) in [5.74, 6) is 0.552. The van der Waals surface area contributed by atoms with Gasteiger partial charge in [-0.25, -0.2) is 4.39 Å². The second-order valence-electron chi connectivity index (χ2n) is 4.09. The summed E-state index contributed by atoms with van der Waals surface area (Å²) in [5, 5.41) is 0. The Morgan fingerprint density at radius 2 is 2.12 bits per heavy atom. The maximum Gasteiger partial charge on any atom is 0.161 e. The van der Waals surface area contributed by atoms with Gasteiger partial charge in [-0.15, -0.1) is 0 Å². The van der Waals surface area contributed by atoms with Gasteiger partial charge in [0, 0.05) is 30.6 Å². The molecule has 0 bridgehead atoms. The normalized spacial score (nSPS) is 10.4. The van der Waals surface area contributed by atoms with E-state index < -0.39 is 0 Å². The number of aryl methyl sites for hydroxylation is 1. The lowest BCUT2D eigenvalue weighted by atomic mass is 10.1. The van der Waals surface area contributed by atoms with Crippen molar-refractivity contribution in [1.29, 1.82) is 0 Å². The van der Waals surface area contributed by atoms with Crippen LogP contribution in [0.4, 0.5) is 10.1 Å². The summed E-state index contributed by atoms with van der Waals surface area (Å²) in [4.78, 5) is 13.5. The summed E-state index contributed by atoms with van der Waals surface area (Å²) in [6.07, 6.45) is 2.04. The molecule has 1 aromatic rings. The van der Waals surface area contributed by atoms with Crippen LogP contribution in [0.25, 0.3) is 0 Å². The molecular weight excluding hydrogens is 237 g/mol. The summed E-state index contributed by atoms with van der Waals surface area (Å²) >= 11 is 1.75. The second-order valence-corrected chi connectivity index (χ2v) is 5.07. The second kappa shape index (κ2) is 6.05. The number of benzene rings is 1. The highest BCUT2D eigenvalue weighted by molar-refractivity contribution is 7.98. The van der Waals surface area contributed by atoms with E-state index >= 15 is 0 Å². The fraction of sp³-hybridized carbons (Fsp3) is 0.462. The zero-order valence-electron chi connectivity index (χ0n) is 10.7. The maximum atomic E-state index is 13.5. The molecule has 17 heavy (non-hydrogen) atoms. The molecule has 0 aliphatic carbocycles. The van der Waals surface area contributed by atoms with E-state index in [1.807, 2.05) is 18.2 Å². The molecule has 0 heterocycles. The van der Waals surface area contributed by atoms with Crippen molar-refractivity contribution >= 4 is 23.2 Å². The topological polar surface area (TPSA) is 20.3 Å². The van der Waals surface area contributed by atoms with E-state index in [1.165, 1.54) is 13.0 Å². The summed E-state index contributed by atoms with van der Waals surface area (Å²) < 4.78 is 13.5. The lowest BCUT2D eigenvalue weighted by molar-refractivity contribution is 0.101. The zero-order valence-corrected chi connectivity index (χ0v) is 11.5. The minimum Gasteiger partial charge on any atom is -0.373 e. The Hall–Kier alpha value is -1.03. The number of hydrogen-bond acceptors (Lipinski definition) is 3. The van der Waals surface area contributed by atoms with Crippen molar-refractivity contribution in [3.63, 3.8) is 0 Å². The summed E-state index contributed by atoms with van der Waals surface area (Å²) in [6.45, 7) is 4.02. The molecule has 0 aliphatic rings. The van der Waals surface area contributed by atoms with Gasteiger partial charge in [0.25, 0.3) is 0 Å². The van der Waals surface area contributed by atoms with Crippen LogP contribution in [0.15, 0.2) is 12.1 Å². The number of Topliss-reactive ketones (excluding diaryl/α,β-unsaturated/α-hetero) is 1. The Bertz CT molecular complexity index is 420. The van der Waals surface area contributed by atoms with Crippen molar-refractivity contribution in [2.75, 3.05) is 30.5 Å². The van der Waals surface area contributed by atoms with E-state index in [1.54, 1.807) is 24.8 Å². The monoisotopic (exact) mass is 255 g/mol. The Labute approximate surface area is 106 Å². The highest BCUT2D eigenvalue weighted by Gasteiger charge is 2.14. The van der Waals surface area contributed by atoms with Gasteiger partial charge in [-0.2, -0.15) is 11.8 Å². The Kier molecular flexibility index (Phi) is 5.00. The lowest BCUT2D eigenvalue weighted by Crippen LogP contribution is -2.22. The molecular formula is C13H18FNOS. The van der Waals surface area contributed by atoms with Gasteiger partial charge in [-0.1, -0.05) is 0 Å². The third kappa shape index (κ3) is 3.46.